The first-order chi connectivity index (χ1) is 55.0. The van der Waals surface area contributed by atoms with Crippen LogP contribution in [0.15, 0.2) is 320 Å². The maximum Gasteiger partial charge on any atom is 0.233 e. The number of anilines is 1. The van der Waals surface area contributed by atoms with E-state index in [4.69, 9.17) is 52.1 Å². The first-order valence-electron chi connectivity index (χ1n) is 38.2. The number of β-lactam (4-membered cyclic amide) rings is 1. The number of nitrogens with zero attached hydrogens (tertiary/aromatic N) is 1. The number of hydrogen-bond acceptors (Lipinski definition) is 15. The summed E-state index contributed by atoms with van der Waals surface area (Å²) in [7, 11) is -2.93. The van der Waals surface area contributed by atoms with Crippen molar-refractivity contribution < 1.29 is 74.8 Å². The molecule has 580 valence electrons. The van der Waals surface area contributed by atoms with Crippen molar-refractivity contribution in [2.45, 2.75) is 144 Å². The van der Waals surface area contributed by atoms with Gasteiger partial charge in [0, 0.05) is 25.0 Å². The van der Waals surface area contributed by atoms with Crippen molar-refractivity contribution in [2.24, 2.45) is 5.92 Å². The number of rotatable bonds is 42. The molecule has 0 aromatic heterocycles. The summed E-state index contributed by atoms with van der Waals surface area (Å²) in [4.78, 5) is 16.3. The van der Waals surface area contributed by atoms with Gasteiger partial charge in [0.2, 0.25) is 5.91 Å². The largest absolute Gasteiger partial charge is 0.488 e. The molecule has 0 bridgehead atoms. The molecule has 2 heterocycles. The number of benzene rings is 11. The third kappa shape index (κ3) is 22.3. The van der Waals surface area contributed by atoms with Gasteiger partial charge in [-0.05, 0) is 106 Å². The minimum Gasteiger partial charge on any atom is -0.488 e. The Labute approximate surface area is 656 Å². The monoisotopic (exact) mass is 1530 g/mol. The molecule has 3 unspecified atom stereocenters. The number of sulfone groups is 1. The second kappa shape index (κ2) is 41.1. The normalized spacial score (nSPS) is 19.1. The predicted molar refractivity (Wildman–Crippen MR) is 426 cm³/mol. The van der Waals surface area contributed by atoms with Gasteiger partial charge in [0.25, 0.3) is 0 Å². The predicted octanol–water partition coefficient (Wildman–Crippen LogP) is 17.3. The van der Waals surface area contributed by atoms with Crippen LogP contribution in [0, 0.1) is 11.7 Å². The Hall–Kier alpha value is -9.87. The fourth-order valence-corrected chi connectivity index (χ4v) is 15.8. The summed E-state index contributed by atoms with van der Waals surface area (Å²) in [5, 5.41) is 11.5. The van der Waals surface area contributed by atoms with Crippen molar-refractivity contribution in [1.82, 2.24) is 0 Å². The maximum atomic E-state index is 16.2. The first kappa shape index (κ1) is 80.2. The Balaban J connectivity index is 0.899. The Morgan fingerprint density at radius 2 is 0.911 bits per heavy atom. The number of hydrogen-bond donors (Lipinski definition) is 1. The maximum absolute atomic E-state index is 16.2. The third-order valence-electron chi connectivity index (χ3n) is 20.2. The summed E-state index contributed by atoms with van der Waals surface area (Å²) in [6.07, 6.45) is -10.3. The van der Waals surface area contributed by atoms with Gasteiger partial charge in [-0.25, -0.2) is 12.8 Å². The number of aliphatic hydroxyl groups excluding tert-OH is 1. The van der Waals surface area contributed by atoms with E-state index in [0.29, 0.717) is 29.8 Å². The molecule has 0 radical (unpaired) electrons. The van der Waals surface area contributed by atoms with Crippen LogP contribution in [-0.2, 0) is 115 Å². The van der Waals surface area contributed by atoms with Gasteiger partial charge in [-0.3, -0.25) is 4.79 Å². The molecule has 1 amide bonds. The van der Waals surface area contributed by atoms with Gasteiger partial charge >= 0.3 is 0 Å². The highest BCUT2D eigenvalue weighted by Crippen LogP contribution is 2.50. The number of carbonyl (C=O) groups is 1. The number of ether oxygens (including phenoxy) is 11. The minimum atomic E-state index is -4.48. The molecule has 0 aliphatic carbocycles. The van der Waals surface area contributed by atoms with Crippen molar-refractivity contribution in [2.75, 3.05) is 31.0 Å². The molecule has 11 aromatic rings. The van der Waals surface area contributed by atoms with E-state index in [2.05, 4.69) is 0 Å². The van der Waals surface area contributed by atoms with Crippen LogP contribution < -0.4 is 9.64 Å². The van der Waals surface area contributed by atoms with Gasteiger partial charge in [-0.2, -0.15) is 0 Å². The zero-order chi connectivity index (χ0) is 77.1. The fourth-order valence-electron chi connectivity index (χ4n) is 14.4. The lowest BCUT2D eigenvalue weighted by Crippen LogP contribution is -2.64. The average molecular weight is 1530 g/mol. The summed E-state index contributed by atoms with van der Waals surface area (Å²) in [5.74, 6) is -1.70. The molecule has 2 aliphatic rings. The standard InChI is InChI=1S/C94H96FNO15S/c1-101-94(92(109-65-75-43-25-9-26-44-75)88(106-62-72-37-19-6-20-38-72)83(104-60-70-33-15-4-16-34-70)55-56-102-58-68-29-11-2-12-30-68)111-90-85(66-103-59-69-31-13-3-14-32-69)110-86(89(107-63-73-39-21-7-22-40-73)91(90)108-64-74-41-23-8-24-42-74)67-112(99,100)79-51-52-80(84(57-79)105-61-71-35-17-5-18-36-71)87-81(93(98)96(87)78-45-27-10-28-46-78)53-54-82(97)76-47-49-77(95)50-48-76/h2-52,57,81-83,85-92,94,97H,53-56,58-67H2,1H3/t81-,82+,83-,85?,86+,87-,88?,89-,90-,91?,92+,94+/m1/s1. The zero-order valence-corrected chi connectivity index (χ0v) is 63.6. The number of aliphatic hydroxyl groups is 1. The van der Waals surface area contributed by atoms with Crippen LogP contribution in [-0.4, -0.2) is 101 Å². The third-order valence-corrected chi connectivity index (χ3v) is 22.0. The average Bonchev–Trinajstić information content (AvgIpc) is 0.728. The summed E-state index contributed by atoms with van der Waals surface area (Å²) in [6, 6.07) is 97.3. The van der Waals surface area contributed by atoms with Gasteiger partial charge in [-0.1, -0.05) is 279 Å². The van der Waals surface area contributed by atoms with Crippen LogP contribution in [0.25, 0.3) is 0 Å². The number of carbonyl (C=O) groups excluding carboxylic acids is 1. The zero-order valence-electron chi connectivity index (χ0n) is 62.7. The van der Waals surface area contributed by atoms with Crippen molar-refractivity contribution in [3.63, 3.8) is 0 Å². The molecule has 0 saturated carbocycles. The second-order valence-corrected chi connectivity index (χ2v) is 30.2. The van der Waals surface area contributed by atoms with E-state index in [1.807, 2.05) is 273 Å². The van der Waals surface area contributed by atoms with Crippen molar-refractivity contribution in [1.29, 1.82) is 0 Å². The molecule has 12 atom stereocenters. The number of halogens is 1. The highest BCUT2D eigenvalue weighted by atomic mass is 32.2. The molecule has 1 N–H and O–H groups in total. The van der Waals surface area contributed by atoms with E-state index in [0.717, 1.165) is 44.5 Å². The molecule has 11 aromatic carbocycles. The van der Waals surface area contributed by atoms with Crippen LogP contribution in [0.1, 0.15) is 87.0 Å². The van der Waals surface area contributed by atoms with E-state index < -0.39 is 94.6 Å². The molecule has 16 nitrogen and oxygen atoms in total. The smallest absolute Gasteiger partial charge is 0.233 e. The molecule has 2 saturated heterocycles. The summed E-state index contributed by atoms with van der Waals surface area (Å²) >= 11 is 0. The van der Waals surface area contributed by atoms with Crippen molar-refractivity contribution in [3.8, 4) is 5.75 Å². The van der Waals surface area contributed by atoms with Gasteiger partial charge < -0.3 is 62.1 Å². The van der Waals surface area contributed by atoms with E-state index in [9.17, 15) is 14.3 Å². The Morgan fingerprint density at radius 1 is 0.464 bits per heavy atom. The molecule has 0 spiro atoms. The van der Waals surface area contributed by atoms with Gasteiger partial charge in [0.1, 0.15) is 60.9 Å². The number of methoxy groups -OCH3 is 1. The first-order valence-corrected chi connectivity index (χ1v) is 39.8. The van der Waals surface area contributed by atoms with Crippen LogP contribution in [0.3, 0.4) is 0 Å². The lowest BCUT2D eigenvalue weighted by atomic mass is 9.78. The summed E-state index contributed by atoms with van der Waals surface area (Å²) in [6.45, 7) is 1.17. The van der Waals surface area contributed by atoms with Gasteiger partial charge in [0.15, 0.2) is 16.1 Å². The highest BCUT2D eigenvalue weighted by Gasteiger charge is 2.53. The minimum absolute atomic E-state index is 0.00346. The SMILES string of the molecule is CO[C@@H](O[C@@H]1C(COCc2ccccc2)O[C@@H](CS(=O)(=O)c2ccc([C@@H]3[C@@H](CC[C@H](O)c4ccc(F)cc4)C(=O)N3c3ccccc3)c(OCc3ccccc3)c2)[C@@H](OCc2ccccc2)C1OCc1ccccc1)[C@@H](OCc1ccccc1)C(OCc1ccccc1)[C@@H](CCOCc1ccccc1)OCc1ccccc1. The topological polar surface area (TPSA) is 176 Å². The number of para-hydroxylation sites is 1. The number of amides is 1. The Bertz CT molecular complexity index is 4690. The quantitative estimate of drug-likeness (QED) is 0.0217. The molecular weight excluding hydrogens is 1430 g/mol. The van der Waals surface area contributed by atoms with E-state index in [-0.39, 0.29) is 88.9 Å². The van der Waals surface area contributed by atoms with Crippen LogP contribution >= 0.6 is 0 Å². The van der Waals surface area contributed by atoms with Gasteiger partial charge in [-0.15, -0.1) is 0 Å². The molecule has 2 aliphatic heterocycles. The fraction of sp³-hybridized carbons (Fsp3) is 0.287. The van der Waals surface area contributed by atoms with Crippen LogP contribution in [0.5, 0.6) is 5.75 Å². The van der Waals surface area contributed by atoms with Crippen LogP contribution in [0.4, 0.5) is 10.1 Å². The second-order valence-electron chi connectivity index (χ2n) is 28.1. The highest BCUT2D eigenvalue weighted by molar-refractivity contribution is 7.91. The van der Waals surface area contributed by atoms with Crippen molar-refractivity contribution >= 4 is 21.4 Å². The lowest BCUT2D eigenvalue weighted by molar-refractivity contribution is -0.320. The summed E-state index contributed by atoms with van der Waals surface area (Å²) < 4.78 is 124. The van der Waals surface area contributed by atoms with Crippen LogP contribution in [0.2, 0.25) is 0 Å². The van der Waals surface area contributed by atoms with Gasteiger partial charge in [0.05, 0.1) is 87.7 Å². The Morgan fingerprint density at radius 3 is 1.42 bits per heavy atom. The Kier molecular flexibility index (Phi) is 29.4. The van der Waals surface area contributed by atoms with E-state index >= 15 is 8.42 Å². The lowest BCUT2D eigenvalue weighted by Gasteiger charge is -2.48. The molecule has 13 rings (SSSR count). The molecular formula is C94H96FNO15S. The van der Waals surface area contributed by atoms with E-state index in [1.54, 1.807) is 24.1 Å². The molecule has 2 fully saturated rings. The molecule has 18 heteroatoms. The molecule has 112 heavy (non-hydrogen) atoms. The van der Waals surface area contributed by atoms with E-state index in [1.165, 1.54) is 30.3 Å². The van der Waals surface area contributed by atoms with Crippen molar-refractivity contribution in [3.05, 3.63) is 377 Å². The summed E-state index contributed by atoms with van der Waals surface area (Å²) in [5.41, 5.74) is 8.73.